The number of carbonyl (C=O) groups is 1. The van der Waals surface area contributed by atoms with E-state index in [1.54, 1.807) is 6.08 Å². The summed E-state index contributed by atoms with van der Waals surface area (Å²) in [5, 5.41) is 0. The first-order chi connectivity index (χ1) is 13.3. The molecule has 0 unspecified atom stereocenters. The number of hydrogen-bond donors (Lipinski definition) is 0. The quantitative estimate of drug-likeness (QED) is 0.542. The lowest BCUT2D eigenvalue weighted by Crippen LogP contribution is -2.42. The summed E-state index contributed by atoms with van der Waals surface area (Å²) in [5.74, 6) is 1.79. The smallest absolute Gasteiger partial charge is 0.246 e. The van der Waals surface area contributed by atoms with E-state index in [2.05, 4.69) is 11.8 Å². The van der Waals surface area contributed by atoms with Crippen molar-refractivity contribution in [3.63, 3.8) is 0 Å². The third-order valence-corrected chi connectivity index (χ3v) is 6.12. The lowest BCUT2D eigenvalue weighted by Gasteiger charge is -2.40. The van der Waals surface area contributed by atoms with Crippen molar-refractivity contribution in [2.45, 2.75) is 32.6 Å². The summed E-state index contributed by atoms with van der Waals surface area (Å²) in [4.78, 5) is 17.0. The van der Waals surface area contributed by atoms with Gasteiger partial charge < -0.3 is 14.5 Å². The van der Waals surface area contributed by atoms with Crippen LogP contribution in [0, 0.1) is 11.8 Å². The van der Waals surface area contributed by atoms with Gasteiger partial charge in [-0.05, 0) is 69.2 Å². The minimum atomic E-state index is 0.156. The number of carbonyl (C=O) groups excluding carboxylic acids is 1. The summed E-state index contributed by atoms with van der Waals surface area (Å²) in [5.41, 5.74) is 1.08. The number of likely N-dealkylation sites (tertiary alicyclic amines) is 2. The average Bonchev–Trinajstić information content (AvgIpc) is 2.74. The first-order valence-corrected chi connectivity index (χ1v) is 10.6. The Hall–Kier alpha value is -1.65. The number of rotatable bonds is 7. The number of ether oxygens (including phenoxy) is 1. The standard InChI is InChI=1S/C23H34N2O2/c1-2-27-19-18-24-14-10-21(11-15-24)22-12-16-25(17-13-22)23(26)9-8-20-6-4-3-5-7-20/h3-9,21-22H,2,10-19H2,1H3. The lowest BCUT2D eigenvalue weighted by atomic mass is 9.79. The van der Waals surface area contributed by atoms with E-state index in [1.807, 2.05) is 41.3 Å². The molecule has 2 aliphatic heterocycles. The van der Waals surface area contributed by atoms with E-state index in [0.29, 0.717) is 0 Å². The van der Waals surface area contributed by atoms with Gasteiger partial charge in [0.05, 0.1) is 6.61 Å². The van der Waals surface area contributed by atoms with E-state index in [1.165, 1.54) is 25.9 Å². The molecule has 0 atom stereocenters. The van der Waals surface area contributed by atoms with Gasteiger partial charge in [0.25, 0.3) is 0 Å². The van der Waals surface area contributed by atoms with Crippen molar-refractivity contribution in [1.82, 2.24) is 9.80 Å². The van der Waals surface area contributed by atoms with Crippen molar-refractivity contribution in [2.75, 3.05) is 45.9 Å². The van der Waals surface area contributed by atoms with Crippen LogP contribution in [0.1, 0.15) is 38.2 Å². The molecule has 0 spiro atoms. The van der Waals surface area contributed by atoms with Crippen LogP contribution < -0.4 is 0 Å². The first-order valence-electron chi connectivity index (χ1n) is 10.6. The van der Waals surface area contributed by atoms with E-state index in [0.717, 1.165) is 63.1 Å². The van der Waals surface area contributed by atoms with Crippen molar-refractivity contribution in [1.29, 1.82) is 0 Å². The van der Waals surface area contributed by atoms with Gasteiger partial charge in [-0.1, -0.05) is 30.3 Å². The minimum Gasteiger partial charge on any atom is -0.380 e. The topological polar surface area (TPSA) is 32.8 Å². The molecule has 4 heteroatoms. The molecule has 2 heterocycles. The van der Waals surface area contributed by atoms with Gasteiger partial charge in [0.15, 0.2) is 0 Å². The van der Waals surface area contributed by atoms with Crippen LogP contribution >= 0.6 is 0 Å². The third kappa shape index (κ3) is 6.18. The second-order valence-corrected chi connectivity index (χ2v) is 7.78. The van der Waals surface area contributed by atoms with Crippen LogP contribution in [0.3, 0.4) is 0 Å². The molecule has 2 fully saturated rings. The third-order valence-electron chi connectivity index (χ3n) is 6.12. The first kappa shape index (κ1) is 20.1. The van der Waals surface area contributed by atoms with Gasteiger partial charge in [0.2, 0.25) is 5.91 Å². The summed E-state index contributed by atoms with van der Waals surface area (Å²) in [6.45, 7) is 9.03. The maximum Gasteiger partial charge on any atom is 0.246 e. The zero-order valence-corrected chi connectivity index (χ0v) is 16.7. The fourth-order valence-corrected chi connectivity index (χ4v) is 4.41. The average molecular weight is 371 g/mol. The second-order valence-electron chi connectivity index (χ2n) is 7.78. The Kier molecular flexibility index (Phi) is 7.91. The van der Waals surface area contributed by atoms with E-state index in [-0.39, 0.29) is 5.91 Å². The van der Waals surface area contributed by atoms with Gasteiger partial charge in [0, 0.05) is 32.3 Å². The Bertz CT molecular complexity index is 586. The summed E-state index contributed by atoms with van der Waals surface area (Å²) in [7, 11) is 0. The highest BCUT2D eigenvalue weighted by Gasteiger charge is 2.30. The van der Waals surface area contributed by atoms with Crippen molar-refractivity contribution in [3.05, 3.63) is 42.0 Å². The molecule has 2 saturated heterocycles. The normalized spacial score (nSPS) is 20.4. The van der Waals surface area contributed by atoms with Crippen LogP contribution in [0.25, 0.3) is 6.08 Å². The minimum absolute atomic E-state index is 0.156. The van der Waals surface area contributed by atoms with Crippen molar-refractivity contribution in [2.24, 2.45) is 11.8 Å². The summed E-state index contributed by atoms with van der Waals surface area (Å²) < 4.78 is 5.48. The molecular formula is C23H34N2O2. The van der Waals surface area contributed by atoms with E-state index in [9.17, 15) is 4.79 Å². The van der Waals surface area contributed by atoms with Crippen LogP contribution in [-0.4, -0.2) is 61.6 Å². The second kappa shape index (κ2) is 10.6. The summed E-state index contributed by atoms with van der Waals surface area (Å²) in [6.07, 6.45) is 8.58. The van der Waals surface area contributed by atoms with Gasteiger partial charge >= 0.3 is 0 Å². The number of nitrogens with zero attached hydrogens (tertiary/aromatic N) is 2. The molecule has 0 N–H and O–H groups in total. The molecular weight excluding hydrogens is 336 g/mol. The maximum atomic E-state index is 12.4. The zero-order valence-electron chi connectivity index (χ0n) is 16.7. The Morgan fingerprint density at radius 1 is 1.04 bits per heavy atom. The van der Waals surface area contributed by atoms with Crippen LogP contribution in [0.5, 0.6) is 0 Å². The molecule has 0 radical (unpaired) electrons. The molecule has 0 bridgehead atoms. The number of hydrogen-bond acceptors (Lipinski definition) is 3. The molecule has 148 valence electrons. The molecule has 27 heavy (non-hydrogen) atoms. The number of amides is 1. The van der Waals surface area contributed by atoms with Gasteiger partial charge in [-0.25, -0.2) is 0 Å². The van der Waals surface area contributed by atoms with E-state index in [4.69, 9.17) is 4.74 Å². The largest absolute Gasteiger partial charge is 0.380 e. The van der Waals surface area contributed by atoms with E-state index >= 15 is 0 Å². The Morgan fingerprint density at radius 3 is 2.30 bits per heavy atom. The fourth-order valence-electron chi connectivity index (χ4n) is 4.41. The van der Waals surface area contributed by atoms with Gasteiger partial charge in [0.1, 0.15) is 0 Å². The molecule has 0 saturated carbocycles. The monoisotopic (exact) mass is 370 g/mol. The molecule has 1 amide bonds. The Morgan fingerprint density at radius 2 is 1.67 bits per heavy atom. The summed E-state index contributed by atoms with van der Waals surface area (Å²) in [6, 6.07) is 10.0. The molecule has 2 aliphatic rings. The van der Waals surface area contributed by atoms with Crippen LogP contribution in [-0.2, 0) is 9.53 Å². The predicted octanol–water partition coefficient (Wildman–Crippen LogP) is 3.69. The Labute approximate surface area is 164 Å². The van der Waals surface area contributed by atoms with Gasteiger partial charge in [-0.15, -0.1) is 0 Å². The van der Waals surface area contributed by atoms with E-state index < -0.39 is 0 Å². The lowest BCUT2D eigenvalue weighted by molar-refractivity contribution is -0.127. The van der Waals surface area contributed by atoms with Crippen molar-refractivity contribution in [3.8, 4) is 0 Å². The Balaban J connectivity index is 1.38. The zero-order chi connectivity index (χ0) is 18.9. The highest BCUT2D eigenvalue weighted by atomic mass is 16.5. The molecule has 3 rings (SSSR count). The number of piperidine rings is 2. The van der Waals surface area contributed by atoms with Gasteiger partial charge in [-0.2, -0.15) is 0 Å². The molecule has 0 aromatic heterocycles. The molecule has 1 aromatic carbocycles. The van der Waals surface area contributed by atoms with Gasteiger partial charge in [-0.3, -0.25) is 4.79 Å². The molecule has 4 nitrogen and oxygen atoms in total. The number of benzene rings is 1. The molecule has 1 aromatic rings. The van der Waals surface area contributed by atoms with Crippen LogP contribution in [0.2, 0.25) is 0 Å². The maximum absolute atomic E-state index is 12.4. The summed E-state index contributed by atoms with van der Waals surface area (Å²) >= 11 is 0. The fraction of sp³-hybridized carbons (Fsp3) is 0.609. The van der Waals surface area contributed by atoms with Crippen molar-refractivity contribution < 1.29 is 9.53 Å². The van der Waals surface area contributed by atoms with Crippen LogP contribution in [0.15, 0.2) is 36.4 Å². The highest BCUT2D eigenvalue weighted by molar-refractivity contribution is 5.91. The highest BCUT2D eigenvalue weighted by Crippen LogP contribution is 2.32. The van der Waals surface area contributed by atoms with Crippen LogP contribution in [0.4, 0.5) is 0 Å². The molecule has 0 aliphatic carbocycles. The predicted molar refractivity (Wildman–Crippen MR) is 110 cm³/mol. The van der Waals surface area contributed by atoms with Crippen molar-refractivity contribution >= 4 is 12.0 Å². The SMILES string of the molecule is CCOCCN1CCC(C2CCN(C(=O)C=Cc3ccccc3)CC2)CC1.